The Bertz CT molecular complexity index is 3300. The van der Waals surface area contributed by atoms with E-state index in [9.17, 15) is 0 Å². The molecular formula is C54H38N2O. The van der Waals surface area contributed by atoms with Gasteiger partial charge in [-0.2, -0.15) is 0 Å². The number of aliphatic imine (C=N–C) groups is 1. The first-order valence-electron chi connectivity index (χ1n) is 20.2. The number of rotatable bonds is 3. The number of para-hydroxylation sites is 3. The number of furan rings is 1. The lowest BCUT2D eigenvalue weighted by Crippen LogP contribution is -2.12. The summed E-state index contributed by atoms with van der Waals surface area (Å²) in [5.74, 6) is 0.986. The van der Waals surface area contributed by atoms with Crippen LogP contribution in [-0.4, -0.2) is 10.3 Å². The Labute approximate surface area is 330 Å². The monoisotopic (exact) mass is 730 g/mol. The summed E-state index contributed by atoms with van der Waals surface area (Å²) in [4.78, 5) is 5.83. The largest absolute Gasteiger partial charge is 0.454 e. The van der Waals surface area contributed by atoms with E-state index in [2.05, 4.69) is 181 Å². The van der Waals surface area contributed by atoms with Gasteiger partial charge in [0.05, 0.1) is 11.0 Å². The minimum absolute atomic E-state index is 0.102. The van der Waals surface area contributed by atoms with Gasteiger partial charge in [-0.05, 0) is 112 Å². The number of hydrogen-bond acceptors (Lipinski definition) is 2. The zero-order chi connectivity index (χ0) is 37.5. The molecule has 2 aromatic heterocycles. The Kier molecular flexibility index (Phi) is 7.25. The molecule has 57 heavy (non-hydrogen) atoms. The first-order chi connectivity index (χ1) is 28.3. The minimum Gasteiger partial charge on any atom is -0.454 e. The van der Waals surface area contributed by atoms with E-state index in [0.29, 0.717) is 0 Å². The minimum atomic E-state index is 0.102. The lowest BCUT2D eigenvalue weighted by atomic mass is 9.84. The van der Waals surface area contributed by atoms with Gasteiger partial charge in [0.15, 0.2) is 5.76 Å². The maximum Gasteiger partial charge on any atom is 0.157 e. The Balaban J connectivity index is 1.09. The van der Waals surface area contributed by atoms with Crippen molar-refractivity contribution in [2.75, 3.05) is 0 Å². The molecule has 0 saturated heterocycles. The molecule has 3 heterocycles. The van der Waals surface area contributed by atoms with Crippen LogP contribution in [0.1, 0.15) is 46.8 Å². The van der Waals surface area contributed by atoms with Crippen LogP contribution in [0, 0.1) is 0 Å². The number of aromatic nitrogens is 1. The molecular weight excluding hydrogens is 693 g/mol. The van der Waals surface area contributed by atoms with Crippen molar-refractivity contribution in [3.8, 4) is 16.8 Å². The zero-order valence-corrected chi connectivity index (χ0v) is 31.5. The maximum absolute atomic E-state index is 6.89. The molecule has 0 fully saturated rings. The molecule has 0 radical (unpaired) electrons. The fraction of sp³-hybridized carbons (Fsp3) is 0.0926. The topological polar surface area (TPSA) is 30.4 Å². The predicted octanol–water partition coefficient (Wildman–Crippen LogP) is 13.9. The number of nitrogens with zero attached hydrogens (tertiary/aromatic N) is 2. The number of allylic oxidation sites excluding steroid dienone is 2. The molecule has 1 aliphatic heterocycles. The van der Waals surface area contributed by atoms with E-state index < -0.39 is 0 Å². The van der Waals surface area contributed by atoms with Crippen LogP contribution in [0.2, 0.25) is 0 Å². The Hall–Kier alpha value is -6.97. The average Bonchev–Trinajstić information content (AvgIpc) is 3.73. The van der Waals surface area contributed by atoms with Crippen molar-refractivity contribution in [3.05, 3.63) is 210 Å². The van der Waals surface area contributed by atoms with Crippen LogP contribution in [0.5, 0.6) is 0 Å². The molecule has 1 aliphatic carbocycles. The van der Waals surface area contributed by atoms with Crippen molar-refractivity contribution >= 4 is 60.0 Å². The maximum atomic E-state index is 6.89. The van der Waals surface area contributed by atoms with Crippen LogP contribution in [0.25, 0.3) is 71.1 Å². The summed E-state index contributed by atoms with van der Waals surface area (Å²) in [7, 11) is 0. The van der Waals surface area contributed by atoms with Crippen LogP contribution in [-0.2, 0) is 12.8 Å². The molecule has 3 heteroatoms. The molecule has 0 N–H and O–H groups in total. The molecule has 270 valence electrons. The Morgan fingerprint density at radius 1 is 0.561 bits per heavy atom. The van der Waals surface area contributed by atoms with E-state index >= 15 is 0 Å². The van der Waals surface area contributed by atoms with Gasteiger partial charge in [-0.15, -0.1) is 0 Å². The molecule has 0 bridgehead atoms. The normalized spacial score (nSPS) is 15.5. The number of benzene rings is 8. The summed E-state index contributed by atoms with van der Waals surface area (Å²) < 4.78 is 9.26. The molecule has 0 amide bonds. The Morgan fingerprint density at radius 2 is 1.28 bits per heavy atom. The summed E-state index contributed by atoms with van der Waals surface area (Å²) in [5, 5.41) is 8.74. The van der Waals surface area contributed by atoms with E-state index in [1.807, 2.05) is 0 Å². The second kappa shape index (κ2) is 12.8. The third kappa shape index (κ3) is 5.09. The molecule has 12 rings (SSSR count). The molecule has 10 aromatic rings. The fourth-order valence-corrected chi connectivity index (χ4v) is 9.89. The SMILES string of the molecule is C1=C(C2CCc3cc4ccccc4cc3-c3c2ccc2ccccc32)N=C(c2ccc3c(c2)c2ccccc2n3-c2ccccc2)c2oc3ccccc3c2CC1. The fourth-order valence-electron chi connectivity index (χ4n) is 9.89. The van der Waals surface area contributed by atoms with Crippen molar-refractivity contribution in [2.24, 2.45) is 4.99 Å². The van der Waals surface area contributed by atoms with Crippen LogP contribution >= 0.6 is 0 Å². The predicted molar refractivity (Wildman–Crippen MR) is 237 cm³/mol. The highest BCUT2D eigenvalue weighted by atomic mass is 16.3. The van der Waals surface area contributed by atoms with Gasteiger partial charge < -0.3 is 8.98 Å². The summed E-state index contributed by atoms with van der Waals surface area (Å²) in [6.07, 6.45) is 6.14. The van der Waals surface area contributed by atoms with Gasteiger partial charge in [0.25, 0.3) is 0 Å². The molecule has 8 aromatic carbocycles. The standard InChI is InChI=1S/C54H38N2O/c1-2-16-39(17-3-1)56-49-23-10-8-19-42(49)47-33-38(27-30-50(47)56)53-54-45(43-20-9-11-24-51(43)57-54)21-12-22-48(55-53)41-28-26-37-31-35-14-4-5-15-36(35)32-46(37)52-40-18-7-6-13-34(40)25-29-44(41)52/h1-11,13-20,22-25,27,29-33,41H,12,21,26,28H2. The van der Waals surface area contributed by atoms with Crippen LogP contribution in [0.15, 0.2) is 191 Å². The van der Waals surface area contributed by atoms with Crippen molar-refractivity contribution in [1.29, 1.82) is 0 Å². The van der Waals surface area contributed by atoms with E-state index in [4.69, 9.17) is 9.41 Å². The van der Waals surface area contributed by atoms with Gasteiger partial charge in [0.1, 0.15) is 11.3 Å². The van der Waals surface area contributed by atoms with Crippen LogP contribution in [0.3, 0.4) is 0 Å². The third-order valence-corrected chi connectivity index (χ3v) is 12.5. The quantitative estimate of drug-likeness (QED) is 0.178. The summed E-state index contributed by atoms with van der Waals surface area (Å²) >= 11 is 0. The molecule has 3 nitrogen and oxygen atoms in total. The summed E-state index contributed by atoms with van der Waals surface area (Å²) in [6, 6.07) is 62.0. The third-order valence-electron chi connectivity index (χ3n) is 12.5. The van der Waals surface area contributed by atoms with Crippen molar-refractivity contribution < 1.29 is 4.42 Å². The lowest BCUT2D eigenvalue weighted by Gasteiger charge is -2.22. The van der Waals surface area contributed by atoms with Gasteiger partial charge in [-0.25, -0.2) is 4.99 Å². The number of aryl methyl sites for hydroxylation is 2. The molecule has 2 aliphatic rings. The van der Waals surface area contributed by atoms with E-state index in [0.717, 1.165) is 59.7 Å². The molecule has 1 unspecified atom stereocenters. The summed E-state index contributed by atoms with van der Waals surface area (Å²) in [5.41, 5.74) is 14.2. The van der Waals surface area contributed by atoms with Gasteiger partial charge in [0.2, 0.25) is 0 Å². The van der Waals surface area contributed by atoms with Gasteiger partial charge in [0, 0.05) is 44.6 Å². The van der Waals surface area contributed by atoms with Crippen LogP contribution in [0.4, 0.5) is 0 Å². The molecule has 0 saturated carbocycles. The van der Waals surface area contributed by atoms with Crippen molar-refractivity contribution in [2.45, 2.75) is 31.6 Å². The lowest BCUT2D eigenvalue weighted by molar-refractivity contribution is 0.597. The van der Waals surface area contributed by atoms with Crippen LogP contribution < -0.4 is 0 Å². The van der Waals surface area contributed by atoms with E-state index in [-0.39, 0.29) is 5.92 Å². The van der Waals surface area contributed by atoms with E-state index in [1.54, 1.807) is 0 Å². The average molecular weight is 731 g/mol. The van der Waals surface area contributed by atoms with Gasteiger partial charge in [-0.1, -0.05) is 133 Å². The highest BCUT2D eigenvalue weighted by molar-refractivity contribution is 6.18. The summed E-state index contributed by atoms with van der Waals surface area (Å²) in [6.45, 7) is 0. The second-order valence-corrected chi connectivity index (χ2v) is 15.7. The van der Waals surface area contributed by atoms with Gasteiger partial charge >= 0.3 is 0 Å². The second-order valence-electron chi connectivity index (χ2n) is 15.7. The number of hydrogen-bond donors (Lipinski definition) is 0. The first kappa shape index (κ1) is 32.3. The highest BCUT2D eigenvalue weighted by Gasteiger charge is 2.30. The van der Waals surface area contributed by atoms with Crippen molar-refractivity contribution in [1.82, 2.24) is 4.57 Å². The van der Waals surface area contributed by atoms with Gasteiger partial charge in [-0.3, -0.25) is 0 Å². The van der Waals surface area contributed by atoms with E-state index in [1.165, 1.54) is 76.6 Å². The first-order valence-corrected chi connectivity index (χ1v) is 20.2. The smallest absolute Gasteiger partial charge is 0.157 e. The number of fused-ring (bicyclic) bond motifs is 12. The zero-order valence-electron chi connectivity index (χ0n) is 31.5. The molecule has 0 spiro atoms. The molecule has 1 atom stereocenters. The Morgan fingerprint density at radius 3 is 2.16 bits per heavy atom. The highest BCUT2D eigenvalue weighted by Crippen LogP contribution is 2.47. The van der Waals surface area contributed by atoms with Crippen molar-refractivity contribution in [3.63, 3.8) is 0 Å².